The van der Waals surface area contributed by atoms with E-state index in [0.29, 0.717) is 12.1 Å². The molecular formula is C21H19FN2O2. The van der Waals surface area contributed by atoms with Crippen molar-refractivity contribution < 1.29 is 13.9 Å². The molecule has 1 fully saturated rings. The maximum absolute atomic E-state index is 14.0. The maximum atomic E-state index is 14.0. The summed E-state index contributed by atoms with van der Waals surface area (Å²) >= 11 is 0. The predicted octanol–water partition coefficient (Wildman–Crippen LogP) is 3.68. The van der Waals surface area contributed by atoms with E-state index in [0.717, 1.165) is 35.9 Å². The van der Waals surface area contributed by atoms with Gasteiger partial charge in [0.25, 0.3) is 5.91 Å². The molecule has 5 rings (SSSR count). The van der Waals surface area contributed by atoms with Crippen molar-refractivity contribution in [1.29, 1.82) is 0 Å². The van der Waals surface area contributed by atoms with Gasteiger partial charge in [0.1, 0.15) is 17.7 Å². The number of benzene rings is 2. The Morgan fingerprint density at radius 1 is 1.23 bits per heavy atom. The molecule has 0 saturated heterocycles. The van der Waals surface area contributed by atoms with Crippen molar-refractivity contribution >= 4 is 16.8 Å². The van der Waals surface area contributed by atoms with Crippen molar-refractivity contribution in [3.05, 3.63) is 65.6 Å². The summed E-state index contributed by atoms with van der Waals surface area (Å²) in [4.78, 5) is 12.6. The van der Waals surface area contributed by atoms with Crippen molar-refractivity contribution in [2.75, 3.05) is 0 Å². The molecule has 0 spiro atoms. The average molecular weight is 350 g/mol. The second-order valence-corrected chi connectivity index (χ2v) is 7.16. The van der Waals surface area contributed by atoms with E-state index in [1.54, 1.807) is 0 Å². The molecule has 4 nitrogen and oxygen atoms in total. The molecule has 1 atom stereocenters. The Hall–Kier alpha value is -2.82. The van der Waals surface area contributed by atoms with Crippen LogP contribution in [-0.2, 0) is 13.0 Å². The summed E-state index contributed by atoms with van der Waals surface area (Å²) in [6.07, 6.45) is 4.75. The van der Waals surface area contributed by atoms with E-state index < -0.39 is 0 Å². The van der Waals surface area contributed by atoms with Gasteiger partial charge >= 0.3 is 0 Å². The summed E-state index contributed by atoms with van der Waals surface area (Å²) in [5.41, 5.74) is 2.36. The Bertz CT molecular complexity index is 981. The highest BCUT2D eigenvalue weighted by Gasteiger charge is 2.27. The number of nitrogens with zero attached hydrogens (tertiary/aromatic N) is 1. The van der Waals surface area contributed by atoms with Crippen LogP contribution in [0.2, 0.25) is 0 Å². The Balaban J connectivity index is 1.47. The van der Waals surface area contributed by atoms with Gasteiger partial charge in [-0.3, -0.25) is 4.79 Å². The normalized spacial score (nSPS) is 18.6. The van der Waals surface area contributed by atoms with Crippen LogP contribution in [0.5, 0.6) is 5.75 Å². The second-order valence-electron chi connectivity index (χ2n) is 7.16. The molecule has 1 aliphatic heterocycles. The number of hydrogen-bond acceptors (Lipinski definition) is 2. The number of halogens is 1. The first-order valence-electron chi connectivity index (χ1n) is 9.01. The fourth-order valence-electron chi connectivity index (χ4n) is 3.70. The van der Waals surface area contributed by atoms with Gasteiger partial charge in [0.2, 0.25) is 0 Å². The molecule has 0 radical (unpaired) electrons. The smallest absolute Gasteiger partial charge is 0.253 e. The molecule has 1 saturated carbocycles. The fraction of sp³-hybridized carbons (Fsp3) is 0.286. The van der Waals surface area contributed by atoms with E-state index in [9.17, 15) is 9.18 Å². The molecule has 1 N–H and O–H groups in total. The molecule has 5 heteroatoms. The van der Waals surface area contributed by atoms with Crippen LogP contribution >= 0.6 is 0 Å². The minimum Gasteiger partial charge on any atom is -0.488 e. The third kappa shape index (κ3) is 2.73. The monoisotopic (exact) mass is 350 g/mol. The lowest BCUT2D eigenvalue weighted by atomic mass is 10.1. The lowest BCUT2D eigenvalue weighted by Gasteiger charge is -2.15. The van der Waals surface area contributed by atoms with Crippen LogP contribution in [0.15, 0.2) is 48.7 Å². The highest BCUT2D eigenvalue weighted by atomic mass is 19.1. The number of hydrogen-bond donors (Lipinski definition) is 1. The van der Waals surface area contributed by atoms with Crippen LogP contribution in [0.3, 0.4) is 0 Å². The van der Waals surface area contributed by atoms with E-state index in [2.05, 4.69) is 11.4 Å². The van der Waals surface area contributed by atoms with Crippen molar-refractivity contribution in [2.24, 2.45) is 0 Å². The van der Waals surface area contributed by atoms with Gasteiger partial charge in [0.15, 0.2) is 0 Å². The number of aromatic nitrogens is 1. The zero-order chi connectivity index (χ0) is 17.7. The lowest BCUT2D eigenvalue weighted by Crippen LogP contribution is -2.27. The van der Waals surface area contributed by atoms with Gasteiger partial charge in [-0.05, 0) is 42.7 Å². The van der Waals surface area contributed by atoms with Gasteiger partial charge in [-0.25, -0.2) is 4.39 Å². The van der Waals surface area contributed by atoms with Crippen molar-refractivity contribution in [3.63, 3.8) is 0 Å². The summed E-state index contributed by atoms with van der Waals surface area (Å²) in [6, 6.07) is 12.9. The predicted molar refractivity (Wildman–Crippen MR) is 96.9 cm³/mol. The SMILES string of the molecule is O=C(NC1CC1)c1cc(F)cc2ccn(CC3Cc4ccccc4O3)c12. The van der Waals surface area contributed by atoms with Crippen LogP contribution in [-0.4, -0.2) is 22.6 Å². The van der Waals surface area contributed by atoms with Crippen LogP contribution in [0.4, 0.5) is 4.39 Å². The summed E-state index contributed by atoms with van der Waals surface area (Å²) in [7, 11) is 0. The molecule has 132 valence electrons. The fourth-order valence-corrected chi connectivity index (χ4v) is 3.70. The molecular weight excluding hydrogens is 331 g/mol. The third-order valence-electron chi connectivity index (χ3n) is 5.10. The van der Waals surface area contributed by atoms with Crippen LogP contribution < -0.4 is 10.1 Å². The van der Waals surface area contributed by atoms with Gasteiger partial charge in [-0.1, -0.05) is 18.2 Å². The van der Waals surface area contributed by atoms with Gasteiger partial charge in [0.05, 0.1) is 17.6 Å². The molecule has 0 bridgehead atoms. The quantitative estimate of drug-likeness (QED) is 0.780. The van der Waals surface area contributed by atoms with Crippen LogP contribution in [0.1, 0.15) is 28.8 Å². The summed E-state index contributed by atoms with van der Waals surface area (Å²) in [6.45, 7) is 0.619. The zero-order valence-corrected chi connectivity index (χ0v) is 14.2. The zero-order valence-electron chi connectivity index (χ0n) is 14.2. The summed E-state index contributed by atoms with van der Waals surface area (Å²) in [5.74, 6) is 0.333. The number of amides is 1. The van der Waals surface area contributed by atoms with Gasteiger partial charge in [0, 0.05) is 24.0 Å². The Labute approximate surface area is 150 Å². The van der Waals surface area contributed by atoms with Crippen LogP contribution in [0.25, 0.3) is 10.9 Å². The first-order chi connectivity index (χ1) is 12.7. The van der Waals surface area contributed by atoms with E-state index in [-0.39, 0.29) is 23.9 Å². The van der Waals surface area contributed by atoms with Gasteiger partial charge < -0.3 is 14.6 Å². The maximum Gasteiger partial charge on any atom is 0.253 e. The van der Waals surface area contributed by atoms with E-state index in [4.69, 9.17) is 4.74 Å². The second kappa shape index (κ2) is 5.87. The van der Waals surface area contributed by atoms with Crippen LogP contribution in [0, 0.1) is 5.82 Å². The molecule has 1 amide bonds. The number of carbonyl (C=O) groups excluding carboxylic acids is 1. The number of carbonyl (C=O) groups is 1. The summed E-state index contributed by atoms with van der Waals surface area (Å²) in [5, 5.41) is 3.70. The Kier molecular flexibility index (Phi) is 3.48. The third-order valence-corrected chi connectivity index (χ3v) is 5.10. The molecule has 2 heterocycles. The number of fused-ring (bicyclic) bond motifs is 2. The van der Waals surface area contributed by atoms with Crippen molar-refractivity contribution in [2.45, 2.75) is 38.0 Å². The number of para-hydroxylation sites is 1. The molecule has 2 aliphatic rings. The lowest BCUT2D eigenvalue weighted by molar-refractivity contribution is 0.0951. The minimum atomic E-state index is -0.388. The molecule has 26 heavy (non-hydrogen) atoms. The van der Waals surface area contributed by atoms with Gasteiger partial charge in [-0.15, -0.1) is 0 Å². The average Bonchev–Trinajstić information content (AvgIpc) is 3.21. The molecule has 3 aromatic rings. The molecule has 1 aromatic heterocycles. The first-order valence-corrected chi connectivity index (χ1v) is 9.01. The Morgan fingerprint density at radius 2 is 2.08 bits per heavy atom. The minimum absolute atomic E-state index is 0.00685. The number of nitrogens with one attached hydrogen (secondary N) is 1. The number of rotatable bonds is 4. The first kappa shape index (κ1) is 15.4. The van der Waals surface area contributed by atoms with E-state index >= 15 is 0 Å². The van der Waals surface area contributed by atoms with E-state index in [1.807, 2.05) is 35.0 Å². The molecule has 2 aromatic carbocycles. The standard InChI is InChI=1S/C21H19FN2O2/c22-15-9-14-7-8-24(12-17-10-13-3-1-2-4-19(13)26-17)20(14)18(11-15)21(25)23-16-5-6-16/h1-4,7-9,11,16-17H,5-6,10,12H2,(H,23,25). The molecule has 1 unspecified atom stereocenters. The summed E-state index contributed by atoms with van der Waals surface area (Å²) < 4.78 is 22.0. The Morgan fingerprint density at radius 3 is 2.88 bits per heavy atom. The van der Waals surface area contributed by atoms with E-state index in [1.165, 1.54) is 17.7 Å². The van der Waals surface area contributed by atoms with Gasteiger partial charge in [-0.2, -0.15) is 0 Å². The molecule has 1 aliphatic carbocycles. The topological polar surface area (TPSA) is 43.3 Å². The highest BCUT2D eigenvalue weighted by Crippen LogP contribution is 2.30. The highest BCUT2D eigenvalue weighted by molar-refractivity contribution is 6.06. The largest absolute Gasteiger partial charge is 0.488 e. The number of ether oxygens (including phenoxy) is 1. The van der Waals surface area contributed by atoms with Crippen molar-refractivity contribution in [1.82, 2.24) is 9.88 Å². The van der Waals surface area contributed by atoms with Crippen molar-refractivity contribution in [3.8, 4) is 5.75 Å².